The van der Waals surface area contributed by atoms with Crippen LogP contribution in [0.25, 0.3) is 0 Å². The molecule has 1 aliphatic heterocycles. The Morgan fingerprint density at radius 2 is 1.95 bits per heavy atom. The number of rotatable bonds is 3. The van der Waals surface area contributed by atoms with Crippen LogP contribution < -0.4 is 10.2 Å². The second-order valence-corrected chi connectivity index (χ2v) is 6.09. The molecule has 0 radical (unpaired) electrons. The van der Waals surface area contributed by atoms with E-state index in [2.05, 4.69) is 54.8 Å². The third-order valence-electron chi connectivity index (χ3n) is 3.99. The summed E-state index contributed by atoms with van der Waals surface area (Å²) in [5.74, 6) is 3.30. The molecule has 0 amide bonds. The number of nitrogens with zero attached hydrogens (tertiary/aromatic N) is 4. The first-order valence-corrected chi connectivity index (χ1v) is 7.45. The van der Waals surface area contributed by atoms with Crippen LogP contribution in [0.15, 0.2) is 0 Å². The lowest BCUT2D eigenvalue weighted by Crippen LogP contribution is -2.51. The topological polar surface area (TPSA) is 44.3 Å². The molecular weight excluding hydrogens is 250 g/mol. The first-order valence-electron chi connectivity index (χ1n) is 7.45. The zero-order chi connectivity index (χ0) is 14.9. The molecule has 1 N–H and O–H groups in total. The van der Waals surface area contributed by atoms with Gasteiger partial charge in [0.05, 0.1) is 0 Å². The third kappa shape index (κ3) is 2.87. The van der Waals surface area contributed by atoms with Crippen molar-refractivity contribution in [1.29, 1.82) is 0 Å². The predicted octanol–water partition coefficient (Wildman–Crippen LogP) is 2.09. The SMILES string of the molecule is CNc1nc(C(C)C)nc(N2CCN(C)CC2C)c1C. The molecule has 0 saturated carbocycles. The van der Waals surface area contributed by atoms with E-state index in [9.17, 15) is 0 Å². The van der Waals surface area contributed by atoms with Crippen molar-refractivity contribution in [3.8, 4) is 0 Å². The first kappa shape index (κ1) is 15.0. The van der Waals surface area contributed by atoms with Crippen LogP contribution in [-0.4, -0.2) is 54.6 Å². The molecule has 1 fully saturated rings. The molecule has 5 nitrogen and oxygen atoms in total. The van der Waals surface area contributed by atoms with Crippen LogP contribution >= 0.6 is 0 Å². The number of anilines is 2. The van der Waals surface area contributed by atoms with Gasteiger partial charge in [-0.25, -0.2) is 9.97 Å². The largest absolute Gasteiger partial charge is 0.373 e. The third-order valence-corrected chi connectivity index (χ3v) is 3.99. The van der Waals surface area contributed by atoms with Gasteiger partial charge in [0.1, 0.15) is 17.5 Å². The van der Waals surface area contributed by atoms with Gasteiger partial charge in [-0.1, -0.05) is 13.8 Å². The number of hydrogen-bond donors (Lipinski definition) is 1. The second kappa shape index (κ2) is 5.95. The normalized spacial score (nSPS) is 20.6. The summed E-state index contributed by atoms with van der Waals surface area (Å²) in [4.78, 5) is 14.3. The highest BCUT2D eigenvalue weighted by Gasteiger charge is 2.25. The van der Waals surface area contributed by atoms with Gasteiger partial charge in [0.15, 0.2) is 0 Å². The molecule has 1 aromatic heterocycles. The van der Waals surface area contributed by atoms with E-state index in [1.165, 1.54) is 0 Å². The number of aromatic nitrogens is 2. The van der Waals surface area contributed by atoms with E-state index in [0.717, 1.165) is 42.7 Å². The quantitative estimate of drug-likeness (QED) is 0.916. The van der Waals surface area contributed by atoms with Crippen LogP contribution in [-0.2, 0) is 0 Å². The molecule has 1 unspecified atom stereocenters. The lowest BCUT2D eigenvalue weighted by atomic mass is 10.1. The molecule has 1 aromatic rings. The number of piperazine rings is 1. The molecule has 2 heterocycles. The average Bonchev–Trinajstić information content (AvgIpc) is 2.39. The number of likely N-dealkylation sites (N-methyl/N-ethyl adjacent to an activating group) is 1. The van der Waals surface area contributed by atoms with Gasteiger partial charge in [0, 0.05) is 44.2 Å². The number of nitrogens with one attached hydrogen (secondary N) is 1. The molecule has 1 atom stereocenters. The maximum Gasteiger partial charge on any atom is 0.137 e. The van der Waals surface area contributed by atoms with E-state index in [1.54, 1.807) is 0 Å². The molecule has 5 heteroatoms. The van der Waals surface area contributed by atoms with Gasteiger partial charge in [-0.05, 0) is 20.9 Å². The average molecular weight is 277 g/mol. The minimum Gasteiger partial charge on any atom is -0.373 e. The summed E-state index contributed by atoms with van der Waals surface area (Å²) < 4.78 is 0. The van der Waals surface area contributed by atoms with E-state index in [1.807, 2.05) is 7.05 Å². The summed E-state index contributed by atoms with van der Waals surface area (Å²) in [5.41, 5.74) is 1.15. The molecule has 2 rings (SSSR count). The summed E-state index contributed by atoms with van der Waals surface area (Å²) in [6.07, 6.45) is 0. The maximum absolute atomic E-state index is 4.84. The summed E-state index contributed by atoms with van der Waals surface area (Å²) >= 11 is 0. The van der Waals surface area contributed by atoms with Crippen molar-refractivity contribution >= 4 is 11.6 Å². The van der Waals surface area contributed by atoms with Crippen LogP contribution in [0.3, 0.4) is 0 Å². The Morgan fingerprint density at radius 3 is 2.50 bits per heavy atom. The lowest BCUT2D eigenvalue weighted by molar-refractivity contribution is 0.274. The summed E-state index contributed by atoms with van der Waals surface area (Å²) in [5, 5.41) is 3.21. The molecule has 0 spiro atoms. The van der Waals surface area contributed by atoms with E-state index in [0.29, 0.717) is 12.0 Å². The van der Waals surface area contributed by atoms with Crippen LogP contribution in [0, 0.1) is 6.92 Å². The first-order chi connectivity index (χ1) is 9.43. The maximum atomic E-state index is 4.84. The Bertz CT molecular complexity index is 472. The smallest absolute Gasteiger partial charge is 0.137 e. The second-order valence-electron chi connectivity index (χ2n) is 6.09. The van der Waals surface area contributed by atoms with Crippen LogP contribution in [0.2, 0.25) is 0 Å². The summed E-state index contributed by atoms with van der Waals surface area (Å²) in [7, 11) is 4.11. The predicted molar refractivity (Wildman–Crippen MR) is 84.7 cm³/mol. The highest BCUT2D eigenvalue weighted by Crippen LogP contribution is 2.28. The van der Waals surface area contributed by atoms with Crippen molar-refractivity contribution in [3.63, 3.8) is 0 Å². The fraction of sp³-hybridized carbons (Fsp3) is 0.733. The van der Waals surface area contributed by atoms with Crippen LogP contribution in [0.5, 0.6) is 0 Å². The van der Waals surface area contributed by atoms with Gasteiger partial charge < -0.3 is 15.1 Å². The molecule has 20 heavy (non-hydrogen) atoms. The van der Waals surface area contributed by atoms with Crippen molar-refractivity contribution in [2.45, 2.75) is 39.7 Å². The van der Waals surface area contributed by atoms with Crippen LogP contribution in [0.1, 0.15) is 38.1 Å². The zero-order valence-electron chi connectivity index (χ0n) is 13.6. The van der Waals surface area contributed by atoms with E-state index < -0.39 is 0 Å². The fourth-order valence-corrected chi connectivity index (χ4v) is 2.76. The molecule has 1 saturated heterocycles. The summed E-state index contributed by atoms with van der Waals surface area (Å²) in [6, 6.07) is 0.479. The van der Waals surface area contributed by atoms with Crippen LogP contribution in [0.4, 0.5) is 11.6 Å². The summed E-state index contributed by atoms with van der Waals surface area (Å²) in [6.45, 7) is 11.8. The van der Waals surface area contributed by atoms with Crippen molar-refractivity contribution in [2.24, 2.45) is 0 Å². The molecule has 0 aliphatic carbocycles. The van der Waals surface area contributed by atoms with Gasteiger partial charge >= 0.3 is 0 Å². The lowest BCUT2D eigenvalue weighted by Gasteiger charge is -2.40. The van der Waals surface area contributed by atoms with Gasteiger partial charge in [-0.2, -0.15) is 0 Å². The van der Waals surface area contributed by atoms with Gasteiger partial charge in [-0.3, -0.25) is 0 Å². The van der Waals surface area contributed by atoms with Crippen molar-refractivity contribution < 1.29 is 0 Å². The molecule has 0 bridgehead atoms. The zero-order valence-corrected chi connectivity index (χ0v) is 13.6. The van der Waals surface area contributed by atoms with Gasteiger partial charge in [0.25, 0.3) is 0 Å². The van der Waals surface area contributed by atoms with E-state index in [4.69, 9.17) is 4.98 Å². The Labute approximate surface area is 122 Å². The van der Waals surface area contributed by atoms with Crippen molar-refractivity contribution in [1.82, 2.24) is 14.9 Å². The molecule has 1 aliphatic rings. The monoisotopic (exact) mass is 277 g/mol. The Kier molecular flexibility index (Phi) is 4.48. The Balaban J connectivity index is 2.41. The van der Waals surface area contributed by atoms with Gasteiger partial charge in [0.2, 0.25) is 0 Å². The van der Waals surface area contributed by atoms with Gasteiger partial charge in [-0.15, -0.1) is 0 Å². The Hall–Kier alpha value is -1.36. The highest BCUT2D eigenvalue weighted by molar-refractivity contribution is 5.59. The number of hydrogen-bond acceptors (Lipinski definition) is 5. The highest BCUT2D eigenvalue weighted by atomic mass is 15.3. The standard InChI is InChI=1S/C15H27N5/c1-10(2)13-17-14(16-5)12(4)15(18-13)20-8-7-19(6)9-11(20)3/h10-11H,7-9H2,1-6H3,(H,16,17,18). The van der Waals surface area contributed by atoms with E-state index >= 15 is 0 Å². The van der Waals surface area contributed by atoms with E-state index in [-0.39, 0.29) is 0 Å². The molecule has 0 aromatic carbocycles. The fourth-order valence-electron chi connectivity index (χ4n) is 2.76. The van der Waals surface area contributed by atoms with Crippen molar-refractivity contribution in [2.75, 3.05) is 43.9 Å². The molecule has 112 valence electrons. The minimum absolute atomic E-state index is 0.337. The molecular formula is C15H27N5. The minimum atomic E-state index is 0.337. The van der Waals surface area contributed by atoms with Crippen molar-refractivity contribution in [3.05, 3.63) is 11.4 Å². The Morgan fingerprint density at radius 1 is 1.25 bits per heavy atom.